The Morgan fingerprint density at radius 2 is 2.17 bits per heavy atom. The first kappa shape index (κ1) is 22.0. The number of hydrogen-bond acceptors (Lipinski definition) is 5. The molecule has 0 bridgehead atoms. The summed E-state index contributed by atoms with van der Waals surface area (Å²) >= 11 is 3.18. The zero-order valence-corrected chi connectivity index (χ0v) is 18.9. The highest BCUT2D eigenvalue weighted by atomic mass is 127. The van der Waals surface area contributed by atoms with Crippen molar-refractivity contribution in [2.45, 2.75) is 22.8 Å². The van der Waals surface area contributed by atoms with E-state index in [0.29, 0.717) is 17.3 Å². The molecular formula is C14H25IN4O2S3. The molecule has 0 radical (unpaired) electrons. The van der Waals surface area contributed by atoms with E-state index < -0.39 is 10.0 Å². The van der Waals surface area contributed by atoms with E-state index >= 15 is 0 Å². The molecule has 0 amide bonds. The van der Waals surface area contributed by atoms with Crippen LogP contribution in [-0.4, -0.2) is 63.0 Å². The maximum Gasteiger partial charge on any atom is 0.250 e. The Balaban J connectivity index is 0.00000288. The van der Waals surface area contributed by atoms with Gasteiger partial charge < -0.3 is 10.2 Å². The van der Waals surface area contributed by atoms with Gasteiger partial charge in [-0.25, -0.2) is 13.1 Å². The Bertz CT molecular complexity index is 632. The van der Waals surface area contributed by atoms with Crippen LogP contribution in [0.25, 0.3) is 0 Å². The second-order valence-corrected chi connectivity index (χ2v) is 10.6. The Labute approximate surface area is 169 Å². The second kappa shape index (κ2) is 9.60. The lowest BCUT2D eigenvalue weighted by atomic mass is 10.2. The van der Waals surface area contributed by atoms with Gasteiger partial charge in [0.05, 0.1) is 0 Å². The van der Waals surface area contributed by atoms with Crippen LogP contribution in [0.1, 0.15) is 13.8 Å². The van der Waals surface area contributed by atoms with Crippen LogP contribution in [-0.2, 0) is 10.0 Å². The largest absolute Gasteiger partial charge is 0.355 e. The minimum Gasteiger partial charge on any atom is -0.355 e. The van der Waals surface area contributed by atoms with E-state index in [-0.39, 0.29) is 28.7 Å². The van der Waals surface area contributed by atoms with E-state index in [1.54, 1.807) is 24.6 Å². The molecule has 0 atom stereocenters. The fourth-order valence-corrected chi connectivity index (χ4v) is 5.56. The first-order valence-electron chi connectivity index (χ1n) is 7.47. The first-order chi connectivity index (χ1) is 10.8. The summed E-state index contributed by atoms with van der Waals surface area (Å²) in [5.74, 6) is 1.90. The number of thiophene rings is 1. The van der Waals surface area contributed by atoms with Gasteiger partial charge in [-0.1, -0.05) is 6.07 Å². The molecule has 2 N–H and O–H groups in total. The summed E-state index contributed by atoms with van der Waals surface area (Å²) in [5.41, 5.74) is 0. The van der Waals surface area contributed by atoms with Crippen molar-refractivity contribution >= 4 is 63.1 Å². The fraction of sp³-hybridized carbons (Fsp3) is 0.643. The van der Waals surface area contributed by atoms with Crippen molar-refractivity contribution in [3.8, 4) is 0 Å². The van der Waals surface area contributed by atoms with Crippen LogP contribution in [0, 0.1) is 0 Å². The predicted molar refractivity (Wildman–Crippen MR) is 114 cm³/mol. The van der Waals surface area contributed by atoms with Gasteiger partial charge in [0.25, 0.3) is 0 Å². The zero-order chi connectivity index (χ0) is 16.9. The standard InChI is InChI=1S/C14H24N4O2S3.HI/c1-14(2)11-18(8-10-22-14)13(15-3)16-6-7-17-23(19,20)12-5-4-9-21-12;/h4-5,9,17H,6-8,10-11H2,1-3H3,(H,15,16);1H. The molecule has 0 aromatic carbocycles. The molecule has 0 unspecified atom stereocenters. The molecule has 1 aromatic heterocycles. The van der Waals surface area contributed by atoms with Crippen molar-refractivity contribution in [1.82, 2.24) is 14.9 Å². The van der Waals surface area contributed by atoms with Crippen LogP contribution in [0.15, 0.2) is 26.7 Å². The van der Waals surface area contributed by atoms with Gasteiger partial charge in [0.2, 0.25) is 10.0 Å². The topological polar surface area (TPSA) is 73.8 Å². The molecule has 138 valence electrons. The Morgan fingerprint density at radius 3 is 2.75 bits per heavy atom. The first-order valence-corrected chi connectivity index (χ1v) is 10.8. The Morgan fingerprint density at radius 1 is 1.42 bits per heavy atom. The third-order valence-corrected chi connectivity index (χ3v) is 7.55. The zero-order valence-electron chi connectivity index (χ0n) is 14.1. The summed E-state index contributed by atoms with van der Waals surface area (Å²) < 4.78 is 27.2. The Kier molecular flexibility index (Phi) is 8.80. The Hall–Kier alpha value is -0.0400. The molecule has 2 heterocycles. The number of nitrogens with zero attached hydrogens (tertiary/aromatic N) is 2. The maximum absolute atomic E-state index is 12.0. The maximum atomic E-state index is 12.0. The minimum absolute atomic E-state index is 0. The number of nitrogens with one attached hydrogen (secondary N) is 2. The lowest BCUT2D eigenvalue weighted by Gasteiger charge is -2.39. The number of halogens is 1. The number of aliphatic imine (C=N–C) groups is 1. The lowest BCUT2D eigenvalue weighted by Crippen LogP contribution is -2.51. The van der Waals surface area contributed by atoms with Crippen LogP contribution in [0.3, 0.4) is 0 Å². The third kappa shape index (κ3) is 6.36. The molecule has 6 nitrogen and oxygen atoms in total. The number of thioether (sulfide) groups is 1. The predicted octanol–water partition coefficient (Wildman–Crippen LogP) is 2.05. The number of sulfonamides is 1. The summed E-state index contributed by atoms with van der Waals surface area (Å²) in [6.45, 7) is 7.16. The SMILES string of the molecule is CN=C(NCCNS(=O)(=O)c1cccs1)N1CCSC(C)(C)C1.I. The van der Waals surface area contributed by atoms with Crippen molar-refractivity contribution in [3.63, 3.8) is 0 Å². The van der Waals surface area contributed by atoms with Gasteiger partial charge in [-0.3, -0.25) is 4.99 Å². The van der Waals surface area contributed by atoms with E-state index in [4.69, 9.17) is 0 Å². The van der Waals surface area contributed by atoms with Crippen molar-refractivity contribution in [2.24, 2.45) is 4.99 Å². The van der Waals surface area contributed by atoms with E-state index in [2.05, 4.69) is 33.8 Å². The molecule has 1 aliphatic rings. The molecule has 0 aliphatic carbocycles. The average molecular weight is 504 g/mol. The monoisotopic (exact) mass is 504 g/mol. The van der Waals surface area contributed by atoms with Gasteiger partial charge in [0.15, 0.2) is 5.96 Å². The van der Waals surface area contributed by atoms with Crippen molar-refractivity contribution < 1.29 is 8.42 Å². The van der Waals surface area contributed by atoms with Gasteiger partial charge in [-0.2, -0.15) is 11.8 Å². The van der Waals surface area contributed by atoms with Crippen molar-refractivity contribution in [1.29, 1.82) is 0 Å². The summed E-state index contributed by atoms with van der Waals surface area (Å²) in [4.78, 5) is 6.53. The summed E-state index contributed by atoms with van der Waals surface area (Å²) in [6.07, 6.45) is 0. The summed E-state index contributed by atoms with van der Waals surface area (Å²) in [7, 11) is -1.64. The molecule has 0 saturated carbocycles. The number of guanidine groups is 1. The average Bonchev–Trinajstić information content (AvgIpc) is 3.01. The van der Waals surface area contributed by atoms with Crippen LogP contribution >= 0.6 is 47.1 Å². The van der Waals surface area contributed by atoms with Gasteiger partial charge in [0, 0.05) is 43.7 Å². The second-order valence-electron chi connectivity index (χ2n) is 5.83. The minimum atomic E-state index is -3.39. The molecule has 0 spiro atoms. The lowest BCUT2D eigenvalue weighted by molar-refractivity contribution is 0.376. The van der Waals surface area contributed by atoms with Gasteiger partial charge in [-0.15, -0.1) is 35.3 Å². The molecule has 10 heteroatoms. The number of rotatable bonds is 5. The van der Waals surface area contributed by atoms with E-state index in [1.807, 2.05) is 11.8 Å². The van der Waals surface area contributed by atoms with Crippen LogP contribution < -0.4 is 10.0 Å². The van der Waals surface area contributed by atoms with Crippen LogP contribution in [0.2, 0.25) is 0 Å². The summed E-state index contributed by atoms with van der Waals surface area (Å²) in [5, 5.41) is 4.99. The smallest absolute Gasteiger partial charge is 0.250 e. The number of hydrogen-bond donors (Lipinski definition) is 2. The van der Waals surface area contributed by atoms with Gasteiger partial charge >= 0.3 is 0 Å². The van der Waals surface area contributed by atoms with Crippen molar-refractivity contribution in [2.75, 3.05) is 39.0 Å². The normalized spacial score (nSPS) is 18.1. The highest BCUT2D eigenvalue weighted by Gasteiger charge is 2.28. The van der Waals surface area contributed by atoms with Crippen LogP contribution in [0.4, 0.5) is 0 Å². The fourth-order valence-electron chi connectivity index (χ4n) is 2.38. The molecule has 1 aliphatic heterocycles. The van der Waals surface area contributed by atoms with Gasteiger partial charge in [-0.05, 0) is 25.3 Å². The van der Waals surface area contributed by atoms with E-state index in [1.165, 1.54) is 11.3 Å². The van der Waals surface area contributed by atoms with Gasteiger partial charge in [0.1, 0.15) is 4.21 Å². The molecule has 1 saturated heterocycles. The van der Waals surface area contributed by atoms with Crippen molar-refractivity contribution in [3.05, 3.63) is 17.5 Å². The third-order valence-electron chi connectivity index (χ3n) is 3.40. The molecular weight excluding hydrogens is 479 g/mol. The molecule has 1 aromatic rings. The quantitative estimate of drug-likeness (QED) is 0.278. The molecule has 1 fully saturated rings. The van der Waals surface area contributed by atoms with Crippen LogP contribution in [0.5, 0.6) is 0 Å². The highest BCUT2D eigenvalue weighted by Crippen LogP contribution is 2.29. The summed E-state index contributed by atoms with van der Waals surface area (Å²) in [6, 6.07) is 3.34. The molecule has 24 heavy (non-hydrogen) atoms. The van der Waals surface area contributed by atoms with E-state index in [0.717, 1.165) is 24.8 Å². The highest BCUT2D eigenvalue weighted by molar-refractivity contribution is 14.0. The molecule has 2 rings (SSSR count). The van der Waals surface area contributed by atoms with E-state index in [9.17, 15) is 8.42 Å².